The van der Waals surface area contributed by atoms with E-state index in [1.165, 1.54) is 0 Å². The zero-order valence-electron chi connectivity index (χ0n) is 7.42. The van der Waals surface area contributed by atoms with Crippen molar-refractivity contribution in [2.45, 2.75) is 20.3 Å². The zero-order chi connectivity index (χ0) is 9.14. The maximum Gasteiger partial charge on any atom is 0.134 e. The molecule has 0 aliphatic heterocycles. The predicted octanol–water partition coefficient (Wildman–Crippen LogP) is 1.71. The molecule has 0 saturated carbocycles. The van der Waals surface area contributed by atoms with Gasteiger partial charge in [-0.3, -0.25) is 4.79 Å². The minimum Gasteiger partial charge on any atom is -0.399 e. The number of nitrogens with two attached hydrogens (primary N) is 1. The van der Waals surface area contributed by atoms with Crippen LogP contribution in [0.3, 0.4) is 0 Å². The van der Waals surface area contributed by atoms with Crippen LogP contribution in [0.15, 0.2) is 18.2 Å². The Kier molecular flexibility index (Phi) is 2.48. The number of aryl methyl sites for hydroxylation is 1. The molecule has 0 bridgehead atoms. The van der Waals surface area contributed by atoms with E-state index < -0.39 is 0 Å². The first-order valence-electron chi connectivity index (χ1n) is 3.94. The Morgan fingerprint density at radius 1 is 1.50 bits per heavy atom. The van der Waals surface area contributed by atoms with Crippen LogP contribution in [0, 0.1) is 6.92 Å². The van der Waals surface area contributed by atoms with Gasteiger partial charge in [0.15, 0.2) is 0 Å². The van der Waals surface area contributed by atoms with Gasteiger partial charge in [-0.2, -0.15) is 0 Å². The Balaban J connectivity index is 2.93. The normalized spacial score (nSPS) is 9.83. The van der Waals surface area contributed by atoms with E-state index >= 15 is 0 Å². The van der Waals surface area contributed by atoms with Gasteiger partial charge in [-0.1, -0.05) is 6.07 Å². The standard InChI is InChI=1S/C10H13NO/c1-7-5-10(11)4-3-9(7)6-8(2)12/h3-5H,6,11H2,1-2H3. The fourth-order valence-electron chi connectivity index (χ4n) is 1.19. The largest absolute Gasteiger partial charge is 0.399 e. The second kappa shape index (κ2) is 3.39. The molecule has 0 radical (unpaired) electrons. The third kappa shape index (κ3) is 2.09. The van der Waals surface area contributed by atoms with Gasteiger partial charge in [0.2, 0.25) is 0 Å². The third-order valence-corrected chi connectivity index (χ3v) is 1.81. The molecule has 0 saturated heterocycles. The number of benzene rings is 1. The van der Waals surface area contributed by atoms with Gasteiger partial charge >= 0.3 is 0 Å². The highest BCUT2D eigenvalue weighted by Gasteiger charge is 2.00. The van der Waals surface area contributed by atoms with Crippen molar-refractivity contribution in [1.82, 2.24) is 0 Å². The average molecular weight is 163 g/mol. The van der Waals surface area contributed by atoms with Gasteiger partial charge in [-0.15, -0.1) is 0 Å². The van der Waals surface area contributed by atoms with E-state index in [1.54, 1.807) is 6.92 Å². The Labute approximate surface area is 72.4 Å². The first kappa shape index (κ1) is 8.78. The van der Waals surface area contributed by atoms with E-state index in [0.29, 0.717) is 6.42 Å². The van der Waals surface area contributed by atoms with E-state index in [2.05, 4.69) is 0 Å². The van der Waals surface area contributed by atoms with Crippen LogP contribution in [0.2, 0.25) is 0 Å². The highest BCUT2D eigenvalue weighted by Crippen LogP contribution is 2.12. The smallest absolute Gasteiger partial charge is 0.134 e. The summed E-state index contributed by atoms with van der Waals surface area (Å²) in [5.74, 6) is 0.183. The second-order valence-corrected chi connectivity index (χ2v) is 3.06. The molecule has 0 heterocycles. The van der Waals surface area contributed by atoms with Gasteiger partial charge in [-0.25, -0.2) is 0 Å². The quantitative estimate of drug-likeness (QED) is 0.674. The lowest BCUT2D eigenvalue weighted by atomic mass is 10.0. The van der Waals surface area contributed by atoms with Gasteiger partial charge in [-0.05, 0) is 37.1 Å². The van der Waals surface area contributed by atoms with Crippen LogP contribution in [-0.2, 0) is 11.2 Å². The maximum absolute atomic E-state index is 10.8. The van der Waals surface area contributed by atoms with Crippen molar-refractivity contribution >= 4 is 11.5 Å². The van der Waals surface area contributed by atoms with Crippen molar-refractivity contribution in [2.24, 2.45) is 0 Å². The molecule has 0 aliphatic carbocycles. The Bertz CT molecular complexity index is 305. The number of hydrogen-bond donors (Lipinski definition) is 1. The molecule has 0 atom stereocenters. The minimum atomic E-state index is 0.183. The fourth-order valence-corrected chi connectivity index (χ4v) is 1.19. The molecule has 2 heteroatoms. The second-order valence-electron chi connectivity index (χ2n) is 3.06. The van der Waals surface area contributed by atoms with Crippen molar-refractivity contribution in [3.05, 3.63) is 29.3 Å². The van der Waals surface area contributed by atoms with Crippen LogP contribution < -0.4 is 5.73 Å². The number of Topliss-reactive ketones (excluding diaryl/α,β-unsaturated/α-hetero) is 1. The molecule has 1 aromatic carbocycles. The number of nitrogen functional groups attached to an aromatic ring is 1. The maximum atomic E-state index is 10.8. The summed E-state index contributed by atoms with van der Waals surface area (Å²) >= 11 is 0. The Hall–Kier alpha value is -1.31. The molecule has 64 valence electrons. The first-order valence-corrected chi connectivity index (χ1v) is 3.94. The lowest BCUT2D eigenvalue weighted by molar-refractivity contribution is -0.116. The summed E-state index contributed by atoms with van der Waals surface area (Å²) in [4.78, 5) is 10.8. The average Bonchev–Trinajstić information content (AvgIpc) is 1.94. The number of carbonyl (C=O) groups excluding carboxylic acids is 1. The molecule has 0 aliphatic rings. The number of anilines is 1. The van der Waals surface area contributed by atoms with Gasteiger partial charge < -0.3 is 5.73 Å². The molecule has 0 unspecified atom stereocenters. The fraction of sp³-hybridized carbons (Fsp3) is 0.300. The number of carbonyl (C=O) groups is 1. The summed E-state index contributed by atoms with van der Waals surface area (Å²) in [6.45, 7) is 3.56. The third-order valence-electron chi connectivity index (χ3n) is 1.81. The van der Waals surface area contributed by atoms with E-state index in [4.69, 9.17) is 5.73 Å². The topological polar surface area (TPSA) is 43.1 Å². The monoisotopic (exact) mass is 163 g/mol. The van der Waals surface area contributed by atoms with E-state index in [1.807, 2.05) is 25.1 Å². The Morgan fingerprint density at radius 2 is 2.17 bits per heavy atom. The lowest BCUT2D eigenvalue weighted by Gasteiger charge is -2.03. The van der Waals surface area contributed by atoms with Crippen LogP contribution in [0.5, 0.6) is 0 Å². The predicted molar refractivity (Wildman–Crippen MR) is 50.0 cm³/mol. The molecule has 1 aromatic rings. The molecule has 0 spiro atoms. The van der Waals surface area contributed by atoms with Crippen LogP contribution >= 0.6 is 0 Å². The lowest BCUT2D eigenvalue weighted by Crippen LogP contribution is -1.99. The van der Waals surface area contributed by atoms with Crippen molar-refractivity contribution in [3.8, 4) is 0 Å². The molecule has 0 aromatic heterocycles. The summed E-state index contributed by atoms with van der Waals surface area (Å²) in [5, 5.41) is 0. The van der Waals surface area contributed by atoms with Gasteiger partial charge in [0.1, 0.15) is 5.78 Å². The van der Waals surface area contributed by atoms with Gasteiger partial charge in [0.25, 0.3) is 0 Å². The number of rotatable bonds is 2. The summed E-state index contributed by atoms with van der Waals surface area (Å²) in [6, 6.07) is 5.62. The van der Waals surface area contributed by atoms with Crippen LogP contribution in [0.1, 0.15) is 18.1 Å². The summed E-state index contributed by atoms with van der Waals surface area (Å²) in [6.07, 6.45) is 0.506. The Morgan fingerprint density at radius 3 is 2.67 bits per heavy atom. The molecule has 0 amide bonds. The van der Waals surface area contributed by atoms with Gasteiger partial charge in [0, 0.05) is 12.1 Å². The van der Waals surface area contributed by atoms with Crippen molar-refractivity contribution in [3.63, 3.8) is 0 Å². The number of hydrogen-bond acceptors (Lipinski definition) is 2. The SMILES string of the molecule is CC(=O)Cc1ccc(N)cc1C. The zero-order valence-corrected chi connectivity index (χ0v) is 7.42. The van der Waals surface area contributed by atoms with Gasteiger partial charge in [0.05, 0.1) is 0 Å². The molecular weight excluding hydrogens is 150 g/mol. The first-order chi connectivity index (χ1) is 5.59. The number of ketones is 1. The van der Waals surface area contributed by atoms with E-state index in [-0.39, 0.29) is 5.78 Å². The summed E-state index contributed by atoms with van der Waals surface area (Å²) in [7, 11) is 0. The molecule has 12 heavy (non-hydrogen) atoms. The van der Waals surface area contributed by atoms with Crippen molar-refractivity contribution in [1.29, 1.82) is 0 Å². The van der Waals surface area contributed by atoms with Crippen LogP contribution in [-0.4, -0.2) is 5.78 Å². The van der Waals surface area contributed by atoms with Crippen LogP contribution in [0.4, 0.5) is 5.69 Å². The van der Waals surface area contributed by atoms with Crippen molar-refractivity contribution in [2.75, 3.05) is 5.73 Å². The molecule has 2 nitrogen and oxygen atoms in total. The summed E-state index contributed by atoms with van der Waals surface area (Å²) in [5.41, 5.74) is 8.48. The molecule has 1 rings (SSSR count). The van der Waals surface area contributed by atoms with Crippen molar-refractivity contribution < 1.29 is 4.79 Å². The van der Waals surface area contributed by atoms with E-state index in [0.717, 1.165) is 16.8 Å². The molecule has 0 fully saturated rings. The van der Waals surface area contributed by atoms with E-state index in [9.17, 15) is 4.79 Å². The van der Waals surface area contributed by atoms with Crippen LogP contribution in [0.25, 0.3) is 0 Å². The minimum absolute atomic E-state index is 0.183. The molecular formula is C10H13NO. The highest BCUT2D eigenvalue weighted by atomic mass is 16.1. The summed E-state index contributed by atoms with van der Waals surface area (Å²) < 4.78 is 0. The highest BCUT2D eigenvalue weighted by molar-refractivity contribution is 5.78. The molecule has 2 N–H and O–H groups in total.